The first-order valence-corrected chi connectivity index (χ1v) is 5.19. The van der Waals surface area contributed by atoms with Crippen molar-refractivity contribution in [3.8, 4) is 0 Å². The van der Waals surface area contributed by atoms with Crippen molar-refractivity contribution in [2.75, 3.05) is 6.26 Å². The van der Waals surface area contributed by atoms with Gasteiger partial charge in [0.05, 0.1) is 0 Å². The standard InChI is InChI=1S/C9H12ClS/c1-6-4-8(10)5-7(2)9(6)11-3/h4H,5H2,1-3H3. The number of thioether (sulfide) groups is 1. The molecule has 1 rings (SSSR count). The van der Waals surface area contributed by atoms with Gasteiger partial charge in [-0.15, -0.1) is 11.8 Å². The van der Waals surface area contributed by atoms with Gasteiger partial charge in [-0.05, 0) is 36.2 Å². The molecular formula is C9H12ClS. The Morgan fingerprint density at radius 3 is 2.55 bits per heavy atom. The summed E-state index contributed by atoms with van der Waals surface area (Å²) in [5.41, 5.74) is 1.30. The zero-order chi connectivity index (χ0) is 8.43. The Hall–Kier alpha value is 0.120. The van der Waals surface area contributed by atoms with Gasteiger partial charge in [0.15, 0.2) is 0 Å². The van der Waals surface area contributed by atoms with Crippen LogP contribution >= 0.6 is 23.4 Å². The van der Waals surface area contributed by atoms with Crippen molar-refractivity contribution >= 4 is 23.4 Å². The topological polar surface area (TPSA) is 0 Å². The van der Waals surface area contributed by atoms with Crippen molar-refractivity contribution in [2.45, 2.75) is 20.3 Å². The van der Waals surface area contributed by atoms with Crippen LogP contribution in [0.3, 0.4) is 0 Å². The van der Waals surface area contributed by atoms with Crippen molar-refractivity contribution in [1.82, 2.24) is 0 Å². The molecule has 61 valence electrons. The van der Waals surface area contributed by atoms with Gasteiger partial charge >= 0.3 is 0 Å². The Bertz CT molecular complexity index is 216. The van der Waals surface area contributed by atoms with Crippen LogP contribution in [-0.2, 0) is 0 Å². The van der Waals surface area contributed by atoms with Gasteiger partial charge in [-0.1, -0.05) is 18.5 Å². The normalized spacial score (nSPS) is 20.5. The van der Waals surface area contributed by atoms with E-state index in [1.807, 2.05) is 0 Å². The van der Waals surface area contributed by atoms with Gasteiger partial charge in [-0.2, -0.15) is 0 Å². The Kier molecular flexibility index (Phi) is 3.08. The van der Waals surface area contributed by atoms with Gasteiger partial charge in [0.1, 0.15) is 0 Å². The Balaban J connectivity index is 2.92. The second-order valence-electron chi connectivity index (χ2n) is 2.76. The monoisotopic (exact) mass is 187 g/mol. The molecule has 0 saturated carbocycles. The third-order valence-corrected chi connectivity index (χ3v) is 3.08. The van der Waals surface area contributed by atoms with E-state index in [-0.39, 0.29) is 0 Å². The molecule has 0 aromatic rings. The summed E-state index contributed by atoms with van der Waals surface area (Å²) in [6.07, 6.45) is 5.09. The minimum Gasteiger partial charge on any atom is -0.133 e. The highest BCUT2D eigenvalue weighted by Crippen LogP contribution is 2.37. The molecule has 0 aromatic carbocycles. The first kappa shape index (κ1) is 9.21. The quantitative estimate of drug-likeness (QED) is 0.603. The maximum Gasteiger partial charge on any atom is 0.0193 e. The highest BCUT2D eigenvalue weighted by molar-refractivity contribution is 8.02. The van der Waals surface area contributed by atoms with E-state index in [9.17, 15) is 0 Å². The van der Waals surface area contributed by atoms with Crippen molar-refractivity contribution in [1.29, 1.82) is 0 Å². The fourth-order valence-corrected chi connectivity index (χ4v) is 2.52. The molecule has 0 nitrogen and oxygen atoms in total. The predicted octanol–water partition coefficient (Wildman–Crippen LogP) is 3.74. The number of hydrogen-bond donors (Lipinski definition) is 0. The van der Waals surface area contributed by atoms with Crippen LogP contribution in [0.2, 0.25) is 0 Å². The molecule has 0 amide bonds. The second kappa shape index (κ2) is 3.68. The van der Waals surface area contributed by atoms with Gasteiger partial charge in [0, 0.05) is 11.0 Å². The highest BCUT2D eigenvalue weighted by atomic mass is 35.5. The molecule has 0 atom stereocenters. The first-order valence-electron chi connectivity index (χ1n) is 3.59. The van der Waals surface area contributed by atoms with Crippen molar-refractivity contribution in [3.63, 3.8) is 0 Å². The maximum atomic E-state index is 5.93. The van der Waals surface area contributed by atoms with Crippen molar-refractivity contribution in [2.24, 2.45) is 0 Å². The largest absolute Gasteiger partial charge is 0.133 e. The lowest BCUT2D eigenvalue weighted by atomic mass is 9.98. The van der Waals surface area contributed by atoms with E-state index in [0.29, 0.717) is 0 Å². The van der Waals surface area contributed by atoms with E-state index in [1.54, 1.807) is 11.8 Å². The zero-order valence-corrected chi connectivity index (χ0v) is 8.64. The average molecular weight is 188 g/mol. The number of allylic oxidation sites excluding steroid dienone is 4. The molecule has 0 unspecified atom stereocenters. The van der Waals surface area contributed by atoms with E-state index >= 15 is 0 Å². The third kappa shape index (κ3) is 2.03. The number of rotatable bonds is 1. The summed E-state index contributed by atoms with van der Waals surface area (Å²) in [6, 6.07) is 0. The van der Waals surface area contributed by atoms with Gasteiger partial charge in [0.2, 0.25) is 0 Å². The molecular weight excluding hydrogens is 176 g/mol. The van der Waals surface area contributed by atoms with Gasteiger partial charge < -0.3 is 0 Å². The van der Waals surface area contributed by atoms with Crippen LogP contribution in [0.1, 0.15) is 20.3 Å². The Morgan fingerprint density at radius 1 is 1.45 bits per heavy atom. The lowest BCUT2D eigenvalue weighted by Crippen LogP contribution is -2.01. The summed E-state index contributed by atoms with van der Waals surface area (Å²) < 4.78 is 0. The van der Waals surface area contributed by atoms with Gasteiger partial charge in [0.25, 0.3) is 0 Å². The van der Waals surface area contributed by atoms with Crippen LogP contribution in [-0.4, -0.2) is 6.26 Å². The van der Waals surface area contributed by atoms with E-state index < -0.39 is 0 Å². The van der Waals surface area contributed by atoms with E-state index in [0.717, 1.165) is 11.5 Å². The van der Waals surface area contributed by atoms with E-state index in [4.69, 9.17) is 11.6 Å². The van der Waals surface area contributed by atoms with Crippen LogP contribution in [0.25, 0.3) is 0 Å². The summed E-state index contributed by atoms with van der Waals surface area (Å²) >= 11 is 7.73. The van der Waals surface area contributed by atoms with Crippen molar-refractivity contribution < 1.29 is 0 Å². The summed E-state index contributed by atoms with van der Waals surface area (Å²) in [4.78, 5) is 1.40. The van der Waals surface area contributed by atoms with Crippen LogP contribution in [0, 0.1) is 5.92 Å². The molecule has 11 heavy (non-hydrogen) atoms. The Morgan fingerprint density at radius 2 is 2.09 bits per heavy atom. The fourth-order valence-electron chi connectivity index (χ4n) is 1.36. The van der Waals surface area contributed by atoms with Crippen LogP contribution in [0.5, 0.6) is 0 Å². The SMILES string of the molecule is CSC1=C(C)C=C(Cl)C[C]1C. The summed E-state index contributed by atoms with van der Waals surface area (Å²) in [5.74, 6) is 1.39. The molecule has 1 aliphatic carbocycles. The number of halogens is 1. The van der Waals surface area contributed by atoms with Crippen LogP contribution < -0.4 is 0 Å². The Labute approximate surface area is 77.7 Å². The van der Waals surface area contributed by atoms with Crippen LogP contribution in [0.15, 0.2) is 21.6 Å². The molecule has 0 N–H and O–H groups in total. The summed E-state index contributed by atoms with van der Waals surface area (Å²) in [6.45, 7) is 4.25. The first-order chi connectivity index (χ1) is 5.15. The molecule has 0 heterocycles. The van der Waals surface area contributed by atoms with Gasteiger partial charge in [-0.25, -0.2) is 0 Å². The van der Waals surface area contributed by atoms with E-state index in [2.05, 4.69) is 26.2 Å². The molecule has 1 aliphatic rings. The summed E-state index contributed by atoms with van der Waals surface area (Å²) in [5, 5.41) is 0.956. The third-order valence-electron chi connectivity index (χ3n) is 1.76. The smallest absolute Gasteiger partial charge is 0.0193 e. The fraction of sp³-hybridized carbons (Fsp3) is 0.444. The predicted molar refractivity (Wildman–Crippen MR) is 53.7 cm³/mol. The minimum absolute atomic E-state index is 0.926. The lowest BCUT2D eigenvalue weighted by Gasteiger charge is -2.19. The number of hydrogen-bond acceptors (Lipinski definition) is 1. The molecule has 0 aromatic heterocycles. The molecule has 0 fully saturated rings. The molecule has 0 aliphatic heterocycles. The molecule has 1 radical (unpaired) electrons. The highest BCUT2D eigenvalue weighted by Gasteiger charge is 2.16. The van der Waals surface area contributed by atoms with Gasteiger partial charge in [-0.3, -0.25) is 0 Å². The van der Waals surface area contributed by atoms with Crippen LogP contribution in [0.4, 0.5) is 0 Å². The zero-order valence-electron chi connectivity index (χ0n) is 7.07. The molecule has 0 spiro atoms. The van der Waals surface area contributed by atoms with Crippen molar-refractivity contribution in [3.05, 3.63) is 27.5 Å². The van der Waals surface area contributed by atoms with E-state index in [1.165, 1.54) is 16.4 Å². The molecule has 0 saturated heterocycles. The minimum atomic E-state index is 0.926. The average Bonchev–Trinajstić information content (AvgIpc) is 1.85. The summed E-state index contributed by atoms with van der Waals surface area (Å²) in [7, 11) is 0. The second-order valence-corrected chi connectivity index (χ2v) is 4.07. The lowest BCUT2D eigenvalue weighted by molar-refractivity contribution is 1.01. The molecule has 2 heteroatoms. The maximum absolute atomic E-state index is 5.93. The molecule has 0 bridgehead atoms.